The molecule has 0 saturated carbocycles. The number of halogens is 1. The molecule has 124 valence electrons. The van der Waals surface area contributed by atoms with Crippen LogP contribution in [-0.2, 0) is 4.74 Å². The van der Waals surface area contributed by atoms with Crippen molar-refractivity contribution in [3.8, 4) is 0 Å². The van der Waals surface area contributed by atoms with Crippen LogP contribution in [-0.4, -0.2) is 27.1 Å². The first-order chi connectivity index (χ1) is 11.5. The standard InChI is InChI=1S/C18H18ClN3O2/c1-4-24-17(23)15-12(3)22(11(2)13-8-6-5-7-9-13)16-14(15)10-20-18(19)21-16/h5-11H,4H2,1-3H3/t11-/m1/s1. The molecule has 0 aliphatic rings. The van der Waals surface area contributed by atoms with Gasteiger partial charge in [-0.15, -0.1) is 0 Å². The number of carbonyl (C=O) groups is 1. The second-order valence-electron chi connectivity index (χ2n) is 5.51. The van der Waals surface area contributed by atoms with Gasteiger partial charge in [-0.3, -0.25) is 0 Å². The van der Waals surface area contributed by atoms with Crippen molar-refractivity contribution in [1.82, 2.24) is 14.5 Å². The van der Waals surface area contributed by atoms with Gasteiger partial charge in [0.2, 0.25) is 5.28 Å². The minimum absolute atomic E-state index is 0.0113. The average molecular weight is 344 g/mol. The van der Waals surface area contributed by atoms with E-state index in [1.165, 1.54) is 0 Å². The Balaban J connectivity index is 2.25. The normalized spacial score (nSPS) is 12.3. The Labute approximate surface area is 145 Å². The summed E-state index contributed by atoms with van der Waals surface area (Å²) in [6.45, 7) is 6.05. The van der Waals surface area contributed by atoms with Crippen molar-refractivity contribution in [2.45, 2.75) is 26.8 Å². The predicted octanol–water partition coefficient (Wildman–Crippen LogP) is 4.18. The minimum Gasteiger partial charge on any atom is -0.462 e. The summed E-state index contributed by atoms with van der Waals surface area (Å²) < 4.78 is 7.21. The largest absolute Gasteiger partial charge is 0.462 e. The third-order valence-corrected chi connectivity index (χ3v) is 4.29. The molecule has 0 spiro atoms. The van der Waals surface area contributed by atoms with Gasteiger partial charge in [-0.05, 0) is 37.9 Å². The molecule has 0 aliphatic carbocycles. The molecule has 0 unspecified atom stereocenters. The molecule has 1 atom stereocenters. The van der Waals surface area contributed by atoms with Crippen molar-refractivity contribution in [2.75, 3.05) is 6.61 Å². The summed E-state index contributed by atoms with van der Waals surface area (Å²) in [6.07, 6.45) is 1.58. The summed E-state index contributed by atoms with van der Waals surface area (Å²) in [7, 11) is 0. The number of ether oxygens (including phenoxy) is 1. The highest BCUT2D eigenvalue weighted by atomic mass is 35.5. The lowest BCUT2D eigenvalue weighted by Gasteiger charge is -2.17. The molecular weight excluding hydrogens is 326 g/mol. The monoisotopic (exact) mass is 343 g/mol. The van der Waals surface area contributed by atoms with E-state index < -0.39 is 0 Å². The lowest BCUT2D eigenvalue weighted by Crippen LogP contribution is -2.11. The van der Waals surface area contributed by atoms with E-state index in [9.17, 15) is 4.79 Å². The second kappa shape index (κ2) is 6.61. The van der Waals surface area contributed by atoms with Gasteiger partial charge in [-0.25, -0.2) is 9.78 Å². The number of hydrogen-bond donors (Lipinski definition) is 0. The zero-order chi connectivity index (χ0) is 17.3. The van der Waals surface area contributed by atoms with Gasteiger partial charge in [0.05, 0.1) is 23.6 Å². The number of aromatic nitrogens is 3. The summed E-state index contributed by atoms with van der Waals surface area (Å²) in [4.78, 5) is 20.8. The molecule has 0 bridgehead atoms. The fourth-order valence-electron chi connectivity index (χ4n) is 3.00. The van der Waals surface area contributed by atoms with Crippen molar-refractivity contribution >= 4 is 28.6 Å². The highest BCUT2D eigenvalue weighted by molar-refractivity contribution is 6.28. The Kier molecular flexibility index (Phi) is 4.53. The zero-order valence-corrected chi connectivity index (χ0v) is 14.5. The van der Waals surface area contributed by atoms with Crippen LogP contribution in [0.1, 0.15) is 41.5 Å². The predicted molar refractivity (Wildman–Crippen MR) is 93.5 cm³/mol. The maximum absolute atomic E-state index is 12.4. The van der Waals surface area contributed by atoms with Crippen LogP contribution < -0.4 is 0 Å². The van der Waals surface area contributed by atoms with Gasteiger partial charge in [-0.1, -0.05) is 30.3 Å². The average Bonchev–Trinajstić information content (AvgIpc) is 2.86. The second-order valence-corrected chi connectivity index (χ2v) is 5.85. The molecule has 2 aromatic heterocycles. The van der Waals surface area contributed by atoms with Gasteiger partial charge in [-0.2, -0.15) is 4.98 Å². The van der Waals surface area contributed by atoms with E-state index in [1.807, 2.05) is 41.8 Å². The Morgan fingerprint density at radius 1 is 1.33 bits per heavy atom. The van der Waals surface area contributed by atoms with Gasteiger partial charge in [0.25, 0.3) is 0 Å². The van der Waals surface area contributed by atoms with Gasteiger partial charge in [0, 0.05) is 11.9 Å². The summed E-state index contributed by atoms with van der Waals surface area (Å²) in [6, 6.07) is 10.0. The summed E-state index contributed by atoms with van der Waals surface area (Å²) in [5, 5.41) is 0.801. The molecule has 2 heterocycles. The number of carbonyl (C=O) groups excluding carboxylic acids is 1. The van der Waals surface area contributed by atoms with Gasteiger partial charge >= 0.3 is 5.97 Å². The number of fused-ring (bicyclic) bond motifs is 1. The maximum Gasteiger partial charge on any atom is 0.340 e. The molecular formula is C18H18ClN3O2. The Morgan fingerprint density at radius 3 is 2.71 bits per heavy atom. The van der Waals surface area contributed by atoms with Crippen LogP contribution in [0.4, 0.5) is 0 Å². The van der Waals surface area contributed by atoms with Crippen LogP contribution in [0.25, 0.3) is 11.0 Å². The van der Waals surface area contributed by atoms with E-state index in [-0.39, 0.29) is 17.3 Å². The van der Waals surface area contributed by atoms with Gasteiger partial charge < -0.3 is 9.30 Å². The number of nitrogens with zero attached hydrogens (tertiary/aromatic N) is 3. The third-order valence-electron chi connectivity index (χ3n) is 4.11. The van der Waals surface area contributed by atoms with Crippen LogP contribution in [0.3, 0.4) is 0 Å². The first-order valence-electron chi connectivity index (χ1n) is 7.79. The zero-order valence-electron chi connectivity index (χ0n) is 13.8. The molecule has 0 radical (unpaired) electrons. The summed E-state index contributed by atoms with van der Waals surface area (Å²) in [5.74, 6) is -0.370. The molecule has 3 aromatic rings. The smallest absolute Gasteiger partial charge is 0.340 e. The molecule has 3 rings (SSSR count). The molecule has 0 N–H and O–H groups in total. The molecule has 0 fully saturated rings. The van der Waals surface area contributed by atoms with Gasteiger partial charge in [0.15, 0.2) is 0 Å². The van der Waals surface area contributed by atoms with E-state index in [1.54, 1.807) is 13.1 Å². The molecule has 24 heavy (non-hydrogen) atoms. The quantitative estimate of drug-likeness (QED) is 0.526. The van der Waals surface area contributed by atoms with E-state index in [4.69, 9.17) is 16.3 Å². The highest BCUT2D eigenvalue weighted by Gasteiger charge is 2.25. The summed E-state index contributed by atoms with van der Waals surface area (Å²) in [5.41, 5.74) is 3.03. The number of hydrogen-bond acceptors (Lipinski definition) is 4. The SMILES string of the molecule is CCOC(=O)c1c(C)n([C@H](C)c2ccccc2)c2nc(Cl)ncc12. The van der Waals surface area contributed by atoms with Crippen LogP contribution in [0.2, 0.25) is 5.28 Å². The Hall–Kier alpha value is -2.40. The highest BCUT2D eigenvalue weighted by Crippen LogP contribution is 2.31. The fraction of sp³-hybridized carbons (Fsp3) is 0.278. The van der Waals surface area contributed by atoms with Crippen molar-refractivity contribution in [2.24, 2.45) is 0 Å². The van der Waals surface area contributed by atoms with Crippen LogP contribution in [0, 0.1) is 6.92 Å². The first-order valence-corrected chi connectivity index (χ1v) is 8.17. The molecule has 6 heteroatoms. The van der Waals surface area contributed by atoms with E-state index in [0.29, 0.717) is 23.2 Å². The summed E-state index contributed by atoms with van der Waals surface area (Å²) >= 11 is 5.99. The molecule has 0 saturated heterocycles. The van der Waals surface area contributed by atoms with Crippen molar-refractivity contribution in [3.63, 3.8) is 0 Å². The van der Waals surface area contributed by atoms with Crippen molar-refractivity contribution in [3.05, 3.63) is 58.6 Å². The number of esters is 1. The first kappa shape index (κ1) is 16.5. The third kappa shape index (κ3) is 2.76. The lowest BCUT2D eigenvalue weighted by molar-refractivity contribution is 0.0527. The van der Waals surface area contributed by atoms with Crippen molar-refractivity contribution in [1.29, 1.82) is 0 Å². The molecule has 0 aliphatic heterocycles. The van der Waals surface area contributed by atoms with Crippen LogP contribution in [0.5, 0.6) is 0 Å². The molecule has 1 aromatic carbocycles. The number of benzene rings is 1. The van der Waals surface area contributed by atoms with E-state index >= 15 is 0 Å². The Bertz CT molecular complexity index is 890. The van der Waals surface area contributed by atoms with E-state index in [2.05, 4.69) is 16.9 Å². The van der Waals surface area contributed by atoms with Gasteiger partial charge in [0.1, 0.15) is 5.65 Å². The molecule has 0 amide bonds. The maximum atomic E-state index is 12.4. The Morgan fingerprint density at radius 2 is 2.04 bits per heavy atom. The topological polar surface area (TPSA) is 57.0 Å². The minimum atomic E-state index is -0.370. The lowest BCUT2D eigenvalue weighted by atomic mass is 10.1. The van der Waals surface area contributed by atoms with E-state index in [0.717, 1.165) is 11.3 Å². The van der Waals surface area contributed by atoms with Crippen molar-refractivity contribution < 1.29 is 9.53 Å². The van der Waals surface area contributed by atoms with Crippen LogP contribution >= 0.6 is 11.6 Å². The number of rotatable bonds is 4. The fourth-order valence-corrected chi connectivity index (χ4v) is 3.13. The van der Waals surface area contributed by atoms with Crippen LogP contribution in [0.15, 0.2) is 36.5 Å². The molecule has 5 nitrogen and oxygen atoms in total.